The maximum atomic E-state index is 10.3. The molecule has 0 radical (unpaired) electrons. The van der Waals surface area contributed by atoms with Gasteiger partial charge in [-0.2, -0.15) is 0 Å². The second kappa shape index (κ2) is 2.79. The summed E-state index contributed by atoms with van der Waals surface area (Å²) < 4.78 is 4.72. The molecule has 3 nitrogen and oxygen atoms in total. The molecule has 4 heteroatoms. The van der Waals surface area contributed by atoms with Crippen molar-refractivity contribution in [2.45, 2.75) is 18.9 Å². The number of carboxylic acid groups (broad SMARTS) is 1. The Hall–Kier alpha value is -1.03. The molecule has 12 heavy (non-hydrogen) atoms. The van der Waals surface area contributed by atoms with Crippen LogP contribution in [0.15, 0.2) is 11.4 Å². The first kappa shape index (κ1) is 7.61. The van der Waals surface area contributed by atoms with E-state index >= 15 is 0 Å². The molecule has 1 aliphatic carbocycles. The van der Waals surface area contributed by atoms with Crippen molar-refractivity contribution in [2.24, 2.45) is 0 Å². The van der Waals surface area contributed by atoms with E-state index in [2.05, 4.69) is 0 Å². The highest BCUT2D eigenvalue weighted by atomic mass is 32.1. The van der Waals surface area contributed by atoms with Crippen LogP contribution in [0, 0.1) is 0 Å². The van der Waals surface area contributed by atoms with E-state index in [4.69, 9.17) is 9.84 Å². The molecular weight excluding hydrogens is 176 g/mol. The zero-order valence-corrected chi connectivity index (χ0v) is 7.13. The Kier molecular flexibility index (Phi) is 1.77. The predicted molar refractivity (Wildman–Crippen MR) is 44.5 cm³/mol. The van der Waals surface area contributed by atoms with E-state index in [1.807, 2.05) is 11.4 Å². The molecule has 0 fully saturated rings. The first-order valence-electron chi connectivity index (χ1n) is 3.73. The first-order chi connectivity index (χ1) is 5.77. The summed E-state index contributed by atoms with van der Waals surface area (Å²) in [6, 6.07) is 2.03. The van der Waals surface area contributed by atoms with Crippen LogP contribution in [0.1, 0.15) is 23.0 Å². The summed E-state index contributed by atoms with van der Waals surface area (Å²) >= 11 is 1.57. The van der Waals surface area contributed by atoms with Crippen LogP contribution < -0.4 is 0 Å². The van der Waals surface area contributed by atoms with E-state index in [1.54, 1.807) is 11.3 Å². The molecule has 1 N–H and O–H groups in total. The molecule has 1 atom stereocenters. The summed E-state index contributed by atoms with van der Waals surface area (Å²) in [5.41, 5.74) is 1.24. The molecule has 2 rings (SSSR count). The van der Waals surface area contributed by atoms with Gasteiger partial charge in [-0.3, -0.25) is 0 Å². The van der Waals surface area contributed by atoms with Gasteiger partial charge in [-0.25, -0.2) is 4.79 Å². The SMILES string of the molecule is O=C(O)OC1CCc2ccsc21. The monoisotopic (exact) mass is 184 g/mol. The highest BCUT2D eigenvalue weighted by molar-refractivity contribution is 7.10. The topological polar surface area (TPSA) is 46.5 Å². The van der Waals surface area contributed by atoms with Crippen molar-refractivity contribution in [3.05, 3.63) is 21.9 Å². The number of ether oxygens (including phenoxy) is 1. The maximum absolute atomic E-state index is 10.3. The minimum Gasteiger partial charge on any atom is -0.450 e. The zero-order valence-electron chi connectivity index (χ0n) is 6.32. The Morgan fingerprint density at radius 2 is 2.58 bits per heavy atom. The smallest absolute Gasteiger partial charge is 0.450 e. The lowest BCUT2D eigenvalue weighted by Gasteiger charge is -2.07. The summed E-state index contributed by atoms with van der Waals surface area (Å²) in [4.78, 5) is 11.4. The lowest BCUT2D eigenvalue weighted by molar-refractivity contribution is 0.0532. The van der Waals surface area contributed by atoms with Gasteiger partial charge in [0.1, 0.15) is 6.10 Å². The quantitative estimate of drug-likeness (QED) is 0.682. The molecule has 0 spiro atoms. The van der Waals surface area contributed by atoms with Crippen LogP contribution in [0.5, 0.6) is 0 Å². The van der Waals surface area contributed by atoms with Crippen LogP contribution in [0.2, 0.25) is 0 Å². The summed E-state index contributed by atoms with van der Waals surface area (Å²) in [5, 5.41) is 10.4. The van der Waals surface area contributed by atoms with E-state index in [9.17, 15) is 4.79 Å². The number of rotatable bonds is 1. The fourth-order valence-electron chi connectivity index (χ4n) is 1.49. The summed E-state index contributed by atoms with van der Waals surface area (Å²) in [6.45, 7) is 0. The van der Waals surface area contributed by atoms with Crippen molar-refractivity contribution >= 4 is 17.5 Å². The molecule has 0 saturated carbocycles. The fraction of sp³-hybridized carbons (Fsp3) is 0.375. The van der Waals surface area contributed by atoms with Crippen molar-refractivity contribution in [3.63, 3.8) is 0 Å². The molecule has 1 unspecified atom stereocenters. The van der Waals surface area contributed by atoms with Crippen molar-refractivity contribution in [1.29, 1.82) is 0 Å². The van der Waals surface area contributed by atoms with E-state index < -0.39 is 6.16 Å². The standard InChI is InChI=1S/C8H8O3S/c9-8(10)11-6-2-1-5-3-4-12-7(5)6/h3-4,6H,1-2H2,(H,9,10). The third-order valence-electron chi connectivity index (χ3n) is 1.99. The third kappa shape index (κ3) is 1.18. The fourth-order valence-corrected chi connectivity index (χ4v) is 2.51. The van der Waals surface area contributed by atoms with Gasteiger partial charge in [0.2, 0.25) is 0 Å². The first-order valence-corrected chi connectivity index (χ1v) is 4.61. The highest BCUT2D eigenvalue weighted by Crippen LogP contribution is 2.37. The summed E-state index contributed by atoms with van der Waals surface area (Å²) in [7, 11) is 0. The molecule has 64 valence electrons. The van der Waals surface area contributed by atoms with Gasteiger partial charge in [-0.1, -0.05) is 0 Å². The van der Waals surface area contributed by atoms with Gasteiger partial charge in [0.05, 0.1) is 0 Å². The predicted octanol–water partition coefficient (Wildman–Crippen LogP) is 2.43. The van der Waals surface area contributed by atoms with Gasteiger partial charge in [0, 0.05) is 4.88 Å². The maximum Gasteiger partial charge on any atom is 0.506 e. The third-order valence-corrected chi connectivity index (χ3v) is 3.04. The minimum absolute atomic E-state index is 0.211. The van der Waals surface area contributed by atoms with E-state index in [0.717, 1.165) is 17.7 Å². The molecule has 0 saturated heterocycles. The highest BCUT2D eigenvalue weighted by Gasteiger charge is 2.26. The van der Waals surface area contributed by atoms with Gasteiger partial charge in [0.15, 0.2) is 0 Å². The molecule has 1 aliphatic rings. The second-order valence-electron chi connectivity index (χ2n) is 2.72. The minimum atomic E-state index is -1.18. The van der Waals surface area contributed by atoms with Crippen molar-refractivity contribution in [1.82, 2.24) is 0 Å². The average Bonchev–Trinajstić information content (AvgIpc) is 2.52. The molecule has 0 amide bonds. The Morgan fingerprint density at radius 1 is 1.75 bits per heavy atom. The van der Waals surface area contributed by atoms with Gasteiger partial charge in [-0.05, 0) is 29.9 Å². The Bertz CT molecular complexity index is 305. The average molecular weight is 184 g/mol. The van der Waals surface area contributed by atoms with E-state index in [0.29, 0.717) is 0 Å². The second-order valence-corrected chi connectivity index (χ2v) is 3.67. The van der Waals surface area contributed by atoms with Crippen LogP contribution in [0.25, 0.3) is 0 Å². The zero-order chi connectivity index (χ0) is 8.55. The Morgan fingerprint density at radius 3 is 3.33 bits per heavy atom. The number of hydrogen-bond acceptors (Lipinski definition) is 3. The number of thiophene rings is 1. The molecule has 0 aliphatic heterocycles. The van der Waals surface area contributed by atoms with Crippen LogP contribution in [-0.2, 0) is 11.2 Å². The van der Waals surface area contributed by atoms with Gasteiger partial charge in [0.25, 0.3) is 0 Å². The molecule has 1 aromatic rings. The molecule has 1 aromatic heterocycles. The normalized spacial score (nSPS) is 20.5. The van der Waals surface area contributed by atoms with Gasteiger partial charge >= 0.3 is 6.16 Å². The van der Waals surface area contributed by atoms with Gasteiger partial charge < -0.3 is 9.84 Å². The van der Waals surface area contributed by atoms with E-state index in [1.165, 1.54) is 5.56 Å². The summed E-state index contributed by atoms with van der Waals surface area (Å²) in [5.74, 6) is 0. The number of fused-ring (bicyclic) bond motifs is 1. The number of aryl methyl sites for hydroxylation is 1. The summed E-state index contributed by atoms with van der Waals surface area (Å²) in [6.07, 6.45) is 0.351. The van der Waals surface area contributed by atoms with Crippen molar-refractivity contribution in [2.75, 3.05) is 0 Å². The van der Waals surface area contributed by atoms with Crippen LogP contribution in [0.4, 0.5) is 4.79 Å². The number of carbonyl (C=O) groups is 1. The van der Waals surface area contributed by atoms with Crippen molar-refractivity contribution in [3.8, 4) is 0 Å². The molecule has 0 aromatic carbocycles. The van der Waals surface area contributed by atoms with E-state index in [-0.39, 0.29) is 6.10 Å². The molecule has 1 heterocycles. The Labute approximate surface area is 73.6 Å². The van der Waals surface area contributed by atoms with Crippen LogP contribution in [-0.4, -0.2) is 11.3 Å². The van der Waals surface area contributed by atoms with Crippen molar-refractivity contribution < 1.29 is 14.6 Å². The van der Waals surface area contributed by atoms with Gasteiger partial charge in [-0.15, -0.1) is 11.3 Å². The lowest BCUT2D eigenvalue weighted by Crippen LogP contribution is -2.04. The lowest BCUT2D eigenvalue weighted by atomic mass is 10.3. The molecular formula is C8H8O3S. The number of hydrogen-bond donors (Lipinski definition) is 1. The largest absolute Gasteiger partial charge is 0.506 e. The van der Waals surface area contributed by atoms with Crippen LogP contribution >= 0.6 is 11.3 Å². The molecule has 0 bridgehead atoms. The Balaban J connectivity index is 2.17. The van der Waals surface area contributed by atoms with Crippen LogP contribution in [0.3, 0.4) is 0 Å².